The molecule has 0 spiro atoms. The van der Waals surface area contributed by atoms with Gasteiger partial charge in [0.25, 0.3) is 5.56 Å². The molecule has 1 aromatic rings. The molecule has 0 aromatic carbocycles. The summed E-state index contributed by atoms with van der Waals surface area (Å²) in [5, 5.41) is 11.1. The Bertz CT molecular complexity index is 524. The highest BCUT2D eigenvalue weighted by molar-refractivity contribution is 5.90. The quantitative estimate of drug-likeness (QED) is 0.731. The van der Waals surface area contributed by atoms with E-state index in [2.05, 4.69) is 5.32 Å². The van der Waals surface area contributed by atoms with Crippen LogP contribution in [0.1, 0.15) is 19.3 Å². The van der Waals surface area contributed by atoms with E-state index in [1.165, 1.54) is 22.9 Å². The van der Waals surface area contributed by atoms with Crippen molar-refractivity contribution in [3.05, 3.63) is 28.7 Å². The molecule has 20 heavy (non-hydrogen) atoms. The summed E-state index contributed by atoms with van der Waals surface area (Å²) in [4.78, 5) is 33.5. The van der Waals surface area contributed by atoms with Crippen molar-refractivity contribution in [1.29, 1.82) is 0 Å². The highest BCUT2D eigenvalue weighted by atomic mass is 16.5. The molecule has 2 N–H and O–H groups in total. The third-order valence-electron chi connectivity index (χ3n) is 2.60. The van der Waals surface area contributed by atoms with Crippen molar-refractivity contribution >= 4 is 17.6 Å². The van der Waals surface area contributed by atoms with Gasteiger partial charge in [0.2, 0.25) is 5.91 Å². The molecule has 7 heteroatoms. The summed E-state index contributed by atoms with van der Waals surface area (Å²) in [6.45, 7) is 0.800. The predicted molar refractivity (Wildman–Crippen MR) is 72.7 cm³/mol. The molecule has 1 heterocycles. The molecule has 0 unspecified atom stereocenters. The average molecular weight is 282 g/mol. The van der Waals surface area contributed by atoms with E-state index in [9.17, 15) is 14.4 Å². The first-order chi connectivity index (χ1) is 9.52. The van der Waals surface area contributed by atoms with Crippen molar-refractivity contribution in [1.82, 2.24) is 4.57 Å². The molecular weight excluding hydrogens is 264 g/mol. The van der Waals surface area contributed by atoms with Crippen molar-refractivity contribution in [2.24, 2.45) is 0 Å². The van der Waals surface area contributed by atoms with E-state index in [-0.39, 0.29) is 30.7 Å². The van der Waals surface area contributed by atoms with Gasteiger partial charge in [-0.1, -0.05) is 0 Å². The molecule has 0 saturated heterocycles. The molecule has 0 fully saturated rings. The Labute approximate surface area is 116 Å². The Morgan fingerprint density at radius 2 is 2.10 bits per heavy atom. The molecule has 7 nitrogen and oxygen atoms in total. The Kier molecular flexibility index (Phi) is 6.45. The first-order valence-electron chi connectivity index (χ1n) is 6.24. The fraction of sp³-hybridized carbons (Fsp3) is 0.462. The number of rotatable bonds is 8. The predicted octanol–water partition coefficient (Wildman–Crippen LogP) is 0.688. The number of carboxylic acids is 1. The van der Waals surface area contributed by atoms with Crippen molar-refractivity contribution in [3.8, 4) is 0 Å². The van der Waals surface area contributed by atoms with Crippen LogP contribution in [0.3, 0.4) is 0 Å². The van der Waals surface area contributed by atoms with Gasteiger partial charge in [0.05, 0.1) is 12.3 Å². The zero-order valence-electron chi connectivity index (χ0n) is 11.3. The second-order valence-corrected chi connectivity index (χ2v) is 4.24. The van der Waals surface area contributed by atoms with E-state index < -0.39 is 5.97 Å². The van der Waals surface area contributed by atoms with E-state index in [1.807, 2.05) is 0 Å². The minimum absolute atomic E-state index is 0.0409. The monoisotopic (exact) mass is 282 g/mol. The molecule has 1 amide bonds. The summed E-state index contributed by atoms with van der Waals surface area (Å²) in [6.07, 6.45) is 1.91. The van der Waals surface area contributed by atoms with Crippen LogP contribution >= 0.6 is 0 Å². The van der Waals surface area contributed by atoms with Crippen molar-refractivity contribution in [2.75, 3.05) is 19.0 Å². The van der Waals surface area contributed by atoms with Gasteiger partial charge >= 0.3 is 5.97 Å². The third-order valence-corrected chi connectivity index (χ3v) is 2.60. The molecule has 0 saturated carbocycles. The summed E-state index contributed by atoms with van der Waals surface area (Å²) in [5.74, 6) is -1.20. The number of anilines is 1. The lowest BCUT2D eigenvalue weighted by Gasteiger charge is -2.09. The summed E-state index contributed by atoms with van der Waals surface area (Å²) >= 11 is 0. The fourth-order valence-corrected chi connectivity index (χ4v) is 1.59. The van der Waals surface area contributed by atoms with Gasteiger partial charge in [-0.15, -0.1) is 0 Å². The smallest absolute Gasteiger partial charge is 0.303 e. The van der Waals surface area contributed by atoms with Crippen molar-refractivity contribution in [2.45, 2.75) is 25.8 Å². The van der Waals surface area contributed by atoms with Crippen LogP contribution in [0.15, 0.2) is 23.1 Å². The first-order valence-corrected chi connectivity index (χ1v) is 6.24. The largest absolute Gasteiger partial charge is 0.481 e. The number of aliphatic carboxylic acids is 1. The number of carbonyl (C=O) groups excluding carboxylic acids is 1. The van der Waals surface area contributed by atoms with Crippen LogP contribution in [0.5, 0.6) is 0 Å². The van der Waals surface area contributed by atoms with Crippen LogP contribution in [0, 0.1) is 0 Å². The topological polar surface area (TPSA) is 97.6 Å². The molecule has 0 radical (unpaired) electrons. The standard InChI is InChI=1S/C13H18N2O5/c1-20-8-7-15-9-10(5-6-12(15)17)14-11(16)3-2-4-13(18)19/h5-6,9H,2-4,7-8H2,1H3,(H,14,16)(H,18,19). The second kappa shape index (κ2) is 8.11. The fourth-order valence-electron chi connectivity index (χ4n) is 1.59. The summed E-state index contributed by atoms with van der Waals surface area (Å²) in [6, 6.07) is 2.88. The lowest BCUT2D eigenvalue weighted by atomic mass is 10.2. The number of ether oxygens (including phenoxy) is 1. The number of carboxylic acid groups (broad SMARTS) is 1. The van der Waals surface area contributed by atoms with Crippen LogP contribution in [0.25, 0.3) is 0 Å². The molecule has 1 rings (SSSR count). The lowest BCUT2D eigenvalue weighted by molar-refractivity contribution is -0.137. The van der Waals surface area contributed by atoms with Gasteiger partial charge in [-0.25, -0.2) is 0 Å². The number of methoxy groups -OCH3 is 1. The number of nitrogens with one attached hydrogen (secondary N) is 1. The van der Waals surface area contributed by atoms with Crippen molar-refractivity contribution < 1.29 is 19.4 Å². The minimum atomic E-state index is -0.925. The summed E-state index contributed by atoms with van der Waals surface area (Å²) in [7, 11) is 1.54. The molecule has 0 bridgehead atoms. The number of nitrogens with zero attached hydrogens (tertiary/aromatic N) is 1. The van der Waals surface area contributed by atoms with E-state index >= 15 is 0 Å². The normalized spacial score (nSPS) is 10.2. The maximum absolute atomic E-state index is 11.6. The Morgan fingerprint density at radius 1 is 1.35 bits per heavy atom. The van der Waals surface area contributed by atoms with Crippen LogP contribution in [-0.2, 0) is 20.9 Å². The summed E-state index contributed by atoms with van der Waals surface area (Å²) < 4.78 is 6.34. The minimum Gasteiger partial charge on any atom is -0.481 e. The van der Waals surface area contributed by atoms with Crippen molar-refractivity contribution in [3.63, 3.8) is 0 Å². The van der Waals surface area contributed by atoms with Crippen LogP contribution < -0.4 is 10.9 Å². The number of pyridine rings is 1. The zero-order chi connectivity index (χ0) is 15.0. The van der Waals surface area contributed by atoms with Gasteiger partial charge < -0.3 is 19.7 Å². The van der Waals surface area contributed by atoms with Gasteiger partial charge in [0, 0.05) is 38.8 Å². The number of carbonyl (C=O) groups is 2. The lowest BCUT2D eigenvalue weighted by Crippen LogP contribution is -2.22. The Morgan fingerprint density at radius 3 is 2.75 bits per heavy atom. The number of amides is 1. The second-order valence-electron chi connectivity index (χ2n) is 4.24. The molecule has 110 valence electrons. The number of aromatic nitrogens is 1. The van der Waals surface area contributed by atoms with E-state index in [0.717, 1.165) is 0 Å². The van der Waals surface area contributed by atoms with Crippen LogP contribution in [0.4, 0.5) is 5.69 Å². The average Bonchev–Trinajstić information content (AvgIpc) is 2.39. The maximum Gasteiger partial charge on any atom is 0.303 e. The number of hydrogen-bond donors (Lipinski definition) is 2. The molecule has 1 aromatic heterocycles. The highest BCUT2D eigenvalue weighted by Gasteiger charge is 2.05. The Hall–Kier alpha value is -2.15. The van der Waals surface area contributed by atoms with Gasteiger partial charge in [-0.2, -0.15) is 0 Å². The van der Waals surface area contributed by atoms with E-state index in [0.29, 0.717) is 18.8 Å². The SMILES string of the molecule is COCCn1cc(NC(=O)CCCC(=O)O)ccc1=O. The zero-order valence-corrected chi connectivity index (χ0v) is 11.3. The van der Waals surface area contributed by atoms with Crippen LogP contribution in [-0.4, -0.2) is 35.3 Å². The van der Waals surface area contributed by atoms with Gasteiger partial charge in [0.1, 0.15) is 0 Å². The first kappa shape index (κ1) is 15.9. The number of hydrogen-bond acceptors (Lipinski definition) is 4. The molecule has 0 atom stereocenters. The Balaban J connectivity index is 2.56. The van der Waals surface area contributed by atoms with E-state index in [1.54, 1.807) is 7.11 Å². The summed E-state index contributed by atoms with van der Waals surface area (Å²) in [5.41, 5.74) is 0.326. The third kappa shape index (κ3) is 5.66. The highest BCUT2D eigenvalue weighted by Crippen LogP contribution is 2.05. The molecule has 0 aliphatic heterocycles. The van der Waals surface area contributed by atoms with Gasteiger partial charge in [0.15, 0.2) is 0 Å². The van der Waals surface area contributed by atoms with Crippen LogP contribution in [0.2, 0.25) is 0 Å². The van der Waals surface area contributed by atoms with Gasteiger partial charge in [-0.3, -0.25) is 14.4 Å². The molecular formula is C13H18N2O5. The van der Waals surface area contributed by atoms with E-state index in [4.69, 9.17) is 9.84 Å². The molecule has 0 aliphatic carbocycles. The maximum atomic E-state index is 11.6. The molecule has 0 aliphatic rings. The van der Waals surface area contributed by atoms with Gasteiger partial charge in [-0.05, 0) is 12.5 Å².